The number of urea groups is 1. The van der Waals surface area contributed by atoms with Gasteiger partial charge in [-0.2, -0.15) is 0 Å². The highest BCUT2D eigenvalue weighted by Gasteiger charge is 2.10. The molecule has 0 saturated carbocycles. The lowest BCUT2D eigenvalue weighted by Gasteiger charge is -2.12. The number of nitrogens with one attached hydrogen (secondary N) is 2. The number of carbonyl (C=O) groups excluding carboxylic acids is 1. The molecule has 0 saturated heterocycles. The zero-order valence-corrected chi connectivity index (χ0v) is 11.3. The van der Waals surface area contributed by atoms with E-state index in [0.29, 0.717) is 18.0 Å². The lowest BCUT2D eigenvalue weighted by atomic mass is 10.3. The van der Waals surface area contributed by atoms with E-state index in [-0.39, 0.29) is 5.69 Å². The SMILES string of the molecule is CCOc1ccccc1NC(=O)Nc1cc(F)ccc1F. The summed E-state index contributed by atoms with van der Waals surface area (Å²) in [6, 6.07) is 8.97. The third-order valence-electron chi connectivity index (χ3n) is 2.61. The molecule has 0 aliphatic heterocycles. The van der Waals surface area contributed by atoms with Crippen LogP contribution in [0, 0.1) is 11.6 Å². The Morgan fingerprint density at radius 1 is 1.10 bits per heavy atom. The number of benzene rings is 2. The minimum atomic E-state index is -0.718. The Hall–Kier alpha value is -2.63. The molecule has 0 aliphatic rings. The molecule has 0 spiro atoms. The first kappa shape index (κ1) is 14.8. The van der Waals surface area contributed by atoms with E-state index in [1.54, 1.807) is 24.3 Å². The quantitative estimate of drug-likeness (QED) is 0.894. The van der Waals surface area contributed by atoms with E-state index in [0.717, 1.165) is 18.2 Å². The van der Waals surface area contributed by atoms with Crippen molar-refractivity contribution >= 4 is 17.4 Å². The number of rotatable bonds is 4. The van der Waals surface area contributed by atoms with Crippen molar-refractivity contribution in [2.75, 3.05) is 17.2 Å². The van der Waals surface area contributed by atoms with Crippen LogP contribution >= 0.6 is 0 Å². The Bertz CT molecular complexity index is 647. The summed E-state index contributed by atoms with van der Waals surface area (Å²) in [5, 5.41) is 4.77. The maximum atomic E-state index is 13.4. The van der Waals surface area contributed by atoms with Crippen LogP contribution in [-0.2, 0) is 0 Å². The van der Waals surface area contributed by atoms with Crippen LogP contribution in [0.4, 0.5) is 25.0 Å². The summed E-state index contributed by atoms with van der Waals surface area (Å²) in [7, 11) is 0. The van der Waals surface area contributed by atoms with E-state index < -0.39 is 17.7 Å². The second-order valence-corrected chi connectivity index (χ2v) is 4.13. The van der Waals surface area contributed by atoms with Crippen molar-refractivity contribution in [1.29, 1.82) is 0 Å². The molecule has 4 nitrogen and oxygen atoms in total. The van der Waals surface area contributed by atoms with Crippen LogP contribution in [0.5, 0.6) is 5.75 Å². The number of halogens is 2. The van der Waals surface area contributed by atoms with Gasteiger partial charge in [-0.3, -0.25) is 0 Å². The monoisotopic (exact) mass is 292 g/mol. The van der Waals surface area contributed by atoms with E-state index in [1.165, 1.54) is 0 Å². The molecule has 110 valence electrons. The Morgan fingerprint density at radius 2 is 1.81 bits per heavy atom. The summed E-state index contributed by atoms with van der Waals surface area (Å²) < 4.78 is 31.8. The summed E-state index contributed by atoms with van der Waals surface area (Å²) in [6.45, 7) is 2.26. The Kier molecular flexibility index (Phi) is 4.71. The van der Waals surface area contributed by atoms with Crippen LogP contribution < -0.4 is 15.4 Å². The highest BCUT2D eigenvalue weighted by Crippen LogP contribution is 2.24. The largest absolute Gasteiger partial charge is 0.492 e. The third-order valence-corrected chi connectivity index (χ3v) is 2.61. The van der Waals surface area contributed by atoms with Gasteiger partial charge < -0.3 is 15.4 Å². The average Bonchev–Trinajstić information content (AvgIpc) is 2.45. The van der Waals surface area contributed by atoms with Gasteiger partial charge >= 0.3 is 6.03 Å². The van der Waals surface area contributed by atoms with Crippen LogP contribution in [0.25, 0.3) is 0 Å². The second-order valence-electron chi connectivity index (χ2n) is 4.13. The van der Waals surface area contributed by atoms with Crippen LogP contribution in [-0.4, -0.2) is 12.6 Å². The van der Waals surface area contributed by atoms with Crippen LogP contribution in [0.15, 0.2) is 42.5 Å². The highest BCUT2D eigenvalue weighted by atomic mass is 19.1. The molecule has 0 heterocycles. The molecule has 2 N–H and O–H groups in total. The van der Waals surface area contributed by atoms with Gasteiger partial charge in [0.25, 0.3) is 0 Å². The first-order chi connectivity index (χ1) is 10.1. The predicted molar refractivity (Wildman–Crippen MR) is 76.6 cm³/mol. The molecule has 0 aromatic heterocycles. The number of para-hydroxylation sites is 2. The molecule has 21 heavy (non-hydrogen) atoms. The number of amides is 2. The number of hydrogen-bond donors (Lipinski definition) is 2. The van der Waals surface area contributed by atoms with Gasteiger partial charge in [-0.05, 0) is 31.2 Å². The molecule has 2 rings (SSSR count). The van der Waals surface area contributed by atoms with Crippen molar-refractivity contribution in [3.63, 3.8) is 0 Å². The van der Waals surface area contributed by atoms with Gasteiger partial charge in [-0.25, -0.2) is 13.6 Å². The van der Waals surface area contributed by atoms with Crippen molar-refractivity contribution in [3.05, 3.63) is 54.1 Å². The summed E-state index contributed by atoms with van der Waals surface area (Å²) in [5.74, 6) is -0.860. The summed E-state index contributed by atoms with van der Waals surface area (Å²) in [6.07, 6.45) is 0. The molecule has 0 radical (unpaired) electrons. The Balaban J connectivity index is 2.10. The molecule has 0 fully saturated rings. The summed E-state index contributed by atoms with van der Waals surface area (Å²) >= 11 is 0. The Labute approximate surface area is 120 Å². The maximum Gasteiger partial charge on any atom is 0.323 e. The zero-order valence-electron chi connectivity index (χ0n) is 11.3. The minimum absolute atomic E-state index is 0.235. The molecule has 0 atom stereocenters. The van der Waals surface area contributed by atoms with Gasteiger partial charge in [0.1, 0.15) is 17.4 Å². The number of anilines is 2. The highest BCUT2D eigenvalue weighted by molar-refractivity contribution is 6.00. The molecular weight excluding hydrogens is 278 g/mol. The molecular formula is C15H14F2N2O2. The maximum absolute atomic E-state index is 13.4. The normalized spacial score (nSPS) is 10.0. The molecule has 2 aromatic rings. The predicted octanol–water partition coefficient (Wildman–Crippen LogP) is 4.01. The molecule has 2 aromatic carbocycles. The fourth-order valence-electron chi connectivity index (χ4n) is 1.72. The van der Waals surface area contributed by atoms with Crippen molar-refractivity contribution in [1.82, 2.24) is 0 Å². The molecule has 0 aliphatic carbocycles. The molecule has 0 unspecified atom stereocenters. The lowest BCUT2D eigenvalue weighted by molar-refractivity contribution is 0.261. The van der Waals surface area contributed by atoms with Gasteiger partial charge in [0.2, 0.25) is 0 Å². The van der Waals surface area contributed by atoms with Gasteiger partial charge in [-0.15, -0.1) is 0 Å². The zero-order chi connectivity index (χ0) is 15.2. The van der Waals surface area contributed by atoms with E-state index in [4.69, 9.17) is 4.74 Å². The van der Waals surface area contributed by atoms with Crippen LogP contribution in [0.1, 0.15) is 6.92 Å². The van der Waals surface area contributed by atoms with Crippen molar-refractivity contribution in [2.24, 2.45) is 0 Å². The van der Waals surface area contributed by atoms with Gasteiger partial charge in [0, 0.05) is 6.07 Å². The van der Waals surface area contributed by atoms with Crippen molar-refractivity contribution in [3.8, 4) is 5.75 Å². The van der Waals surface area contributed by atoms with E-state index in [9.17, 15) is 13.6 Å². The van der Waals surface area contributed by atoms with Crippen molar-refractivity contribution < 1.29 is 18.3 Å². The third kappa shape index (κ3) is 3.92. The number of hydrogen-bond acceptors (Lipinski definition) is 2. The average molecular weight is 292 g/mol. The van der Waals surface area contributed by atoms with Gasteiger partial charge in [0.15, 0.2) is 0 Å². The summed E-state index contributed by atoms with van der Waals surface area (Å²) in [4.78, 5) is 11.8. The number of ether oxygens (including phenoxy) is 1. The topological polar surface area (TPSA) is 50.4 Å². The first-order valence-electron chi connectivity index (χ1n) is 6.35. The smallest absolute Gasteiger partial charge is 0.323 e. The standard InChI is InChI=1S/C15H14F2N2O2/c1-2-21-14-6-4-3-5-12(14)18-15(20)19-13-9-10(16)7-8-11(13)17/h3-9H,2H2,1H3,(H2,18,19,20). The molecule has 2 amide bonds. The lowest BCUT2D eigenvalue weighted by Crippen LogP contribution is -2.20. The minimum Gasteiger partial charge on any atom is -0.492 e. The fourth-order valence-corrected chi connectivity index (χ4v) is 1.72. The van der Waals surface area contributed by atoms with Crippen LogP contribution in [0.2, 0.25) is 0 Å². The van der Waals surface area contributed by atoms with Crippen LogP contribution in [0.3, 0.4) is 0 Å². The molecule has 6 heteroatoms. The van der Waals surface area contributed by atoms with E-state index in [2.05, 4.69) is 10.6 Å². The second kappa shape index (κ2) is 6.69. The van der Waals surface area contributed by atoms with Gasteiger partial charge in [-0.1, -0.05) is 12.1 Å². The first-order valence-corrected chi connectivity index (χ1v) is 6.35. The van der Waals surface area contributed by atoms with Gasteiger partial charge in [0.05, 0.1) is 18.0 Å². The van der Waals surface area contributed by atoms with Crippen molar-refractivity contribution in [2.45, 2.75) is 6.92 Å². The van der Waals surface area contributed by atoms with E-state index >= 15 is 0 Å². The summed E-state index contributed by atoms with van der Waals surface area (Å²) in [5.41, 5.74) is 0.204. The fraction of sp³-hybridized carbons (Fsp3) is 0.133. The Morgan fingerprint density at radius 3 is 2.57 bits per heavy atom. The number of carbonyl (C=O) groups is 1. The molecule has 0 bridgehead atoms. The van der Waals surface area contributed by atoms with E-state index in [1.807, 2.05) is 6.92 Å².